The lowest BCUT2D eigenvalue weighted by molar-refractivity contribution is 0.282. The van der Waals surface area contributed by atoms with Crippen molar-refractivity contribution < 1.29 is 4.74 Å². The van der Waals surface area contributed by atoms with Crippen LogP contribution in [0, 0.1) is 0 Å². The van der Waals surface area contributed by atoms with E-state index in [1.807, 2.05) is 0 Å². The number of benzene rings is 2. The molecule has 1 spiro atoms. The minimum atomic E-state index is -1.18. The molecule has 0 N–H and O–H groups in total. The van der Waals surface area contributed by atoms with Crippen molar-refractivity contribution in [2.45, 2.75) is 31.1 Å². The monoisotopic (exact) mass is 323 g/mol. The number of ether oxygens (including phenoxy) is 1. The quantitative estimate of drug-likeness (QED) is 0.803. The molecule has 4 rings (SSSR count). The molecule has 3 heteroatoms. The number of rotatable bonds is 3. The molecule has 0 saturated carbocycles. The van der Waals surface area contributed by atoms with Gasteiger partial charge < -0.3 is 4.74 Å². The molecule has 2 aromatic carbocycles. The minimum absolute atomic E-state index is 0.946. The lowest BCUT2D eigenvalue weighted by Crippen LogP contribution is -2.53. The molecule has 2 aliphatic heterocycles. The van der Waals surface area contributed by atoms with Crippen molar-refractivity contribution in [3.8, 4) is 5.75 Å². The van der Waals surface area contributed by atoms with Gasteiger partial charge in [-0.15, -0.1) is 0 Å². The molecule has 2 nitrogen and oxygen atoms in total. The summed E-state index contributed by atoms with van der Waals surface area (Å²) in [5.41, 5.74) is 3.05. The van der Waals surface area contributed by atoms with Crippen LogP contribution in [0.4, 0.5) is 0 Å². The van der Waals surface area contributed by atoms with Crippen LogP contribution in [0.5, 0.6) is 5.75 Å². The average molecular weight is 324 g/mol. The number of methoxy groups -OCH3 is 1. The zero-order valence-electron chi connectivity index (χ0n) is 13.9. The molecule has 1 fully saturated rings. The van der Waals surface area contributed by atoms with E-state index >= 15 is 0 Å². The van der Waals surface area contributed by atoms with Crippen LogP contribution in [0.2, 0.25) is 18.1 Å². The predicted molar refractivity (Wildman–Crippen MR) is 98.2 cm³/mol. The van der Waals surface area contributed by atoms with E-state index in [1.54, 1.807) is 17.9 Å². The van der Waals surface area contributed by atoms with Gasteiger partial charge in [-0.3, -0.25) is 4.90 Å². The maximum absolute atomic E-state index is 5.25. The van der Waals surface area contributed by atoms with Crippen LogP contribution in [0.3, 0.4) is 0 Å². The second-order valence-corrected chi connectivity index (χ2v) is 11.7. The Morgan fingerprint density at radius 3 is 2.43 bits per heavy atom. The molecule has 0 bridgehead atoms. The maximum atomic E-state index is 5.25. The van der Waals surface area contributed by atoms with Gasteiger partial charge in [0.05, 0.1) is 15.2 Å². The summed E-state index contributed by atoms with van der Waals surface area (Å²) in [5.74, 6) is 0.946. The third-order valence-electron chi connectivity index (χ3n) is 5.84. The normalized spacial score (nSPS) is 19.7. The van der Waals surface area contributed by atoms with Crippen molar-refractivity contribution in [3.63, 3.8) is 0 Å². The predicted octanol–water partition coefficient (Wildman–Crippen LogP) is 3.42. The molecule has 0 radical (unpaired) electrons. The van der Waals surface area contributed by atoms with E-state index in [0.717, 1.165) is 12.3 Å². The molecule has 0 unspecified atom stereocenters. The molecular weight excluding hydrogens is 298 g/mol. The number of fused-ring (bicyclic) bond motifs is 2. The van der Waals surface area contributed by atoms with Crippen molar-refractivity contribution in [3.05, 3.63) is 59.7 Å². The molecule has 0 aromatic heterocycles. The Morgan fingerprint density at radius 2 is 1.70 bits per heavy atom. The third kappa shape index (κ3) is 2.84. The van der Waals surface area contributed by atoms with Gasteiger partial charge in [-0.05, 0) is 60.9 Å². The van der Waals surface area contributed by atoms with E-state index < -0.39 is 8.07 Å². The maximum Gasteiger partial charge on any atom is 0.118 e. The highest BCUT2D eigenvalue weighted by Crippen LogP contribution is 2.34. The van der Waals surface area contributed by atoms with Gasteiger partial charge >= 0.3 is 0 Å². The lowest BCUT2D eigenvalue weighted by atomic mass is 10.2. The smallest absolute Gasteiger partial charge is 0.118 e. The van der Waals surface area contributed by atoms with E-state index in [1.165, 1.54) is 43.2 Å². The van der Waals surface area contributed by atoms with Gasteiger partial charge in [0, 0.05) is 6.54 Å². The molecule has 1 saturated heterocycles. The number of hydrogen-bond acceptors (Lipinski definition) is 2. The van der Waals surface area contributed by atoms with Crippen LogP contribution in [0.15, 0.2) is 48.5 Å². The first-order valence-corrected chi connectivity index (χ1v) is 11.3. The Labute approximate surface area is 140 Å². The zero-order chi connectivity index (χ0) is 15.7. The molecule has 0 amide bonds. The summed E-state index contributed by atoms with van der Waals surface area (Å²) in [5, 5.41) is 1.78. The van der Waals surface area contributed by atoms with Gasteiger partial charge in [0.1, 0.15) is 5.75 Å². The van der Waals surface area contributed by atoms with Crippen LogP contribution < -0.4 is 9.92 Å². The summed E-state index contributed by atoms with van der Waals surface area (Å²) in [6.07, 6.45) is 1.33. The average Bonchev–Trinajstić information content (AvgIpc) is 2.97. The van der Waals surface area contributed by atoms with Gasteiger partial charge in [0.2, 0.25) is 0 Å². The molecular formula is C20H25NOSi. The van der Waals surface area contributed by atoms with Gasteiger partial charge in [0.25, 0.3) is 0 Å². The van der Waals surface area contributed by atoms with E-state index in [-0.39, 0.29) is 0 Å². The Bertz CT molecular complexity index is 674. The molecule has 2 aliphatic rings. The van der Waals surface area contributed by atoms with Crippen molar-refractivity contribution in [2.24, 2.45) is 0 Å². The summed E-state index contributed by atoms with van der Waals surface area (Å²) < 4.78 is 5.25. The second kappa shape index (κ2) is 6.14. The van der Waals surface area contributed by atoms with Crippen LogP contribution in [0.1, 0.15) is 11.1 Å². The second-order valence-electron chi connectivity index (χ2n) is 7.06. The van der Waals surface area contributed by atoms with Crippen molar-refractivity contribution in [1.29, 1.82) is 0 Å². The van der Waals surface area contributed by atoms with Gasteiger partial charge in [-0.25, -0.2) is 0 Å². The summed E-state index contributed by atoms with van der Waals surface area (Å²) in [4.78, 5) is 2.64. The standard InChI is InChI=1S/C20H25NOSi/c1-22-19-8-6-17(7-9-19)16-21-11-14-23(15-12-21)13-10-18-4-2-3-5-20(18)23/h2-9H,10-16H2,1H3. The molecule has 0 atom stereocenters. The van der Waals surface area contributed by atoms with Crippen LogP contribution >= 0.6 is 0 Å². The summed E-state index contributed by atoms with van der Waals surface area (Å²) >= 11 is 0. The summed E-state index contributed by atoms with van der Waals surface area (Å²) in [7, 11) is 0.550. The fraction of sp³-hybridized carbons (Fsp3) is 0.400. The topological polar surface area (TPSA) is 12.5 Å². The van der Waals surface area contributed by atoms with Crippen molar-refractivity contribution >= 4 is 13.3 Å². The first-order valence-electron chi connectivity index (χ1n) is 8.73. The molecule has 23 heavy (non-hydrogen) atoms. The third-order valence-corrected chi connectivity index (χ3v) is 11.0. The largest absolute Gasteiger partial charge is 0.497 e. The van der Waals surface area contributed by atoms with Crippen LogP contribution in [-0.2, 0) is 13.0 Å². The molecule has 2 aromatic rings. The first kappa shape index (κ1) is 15.0. The zero-order valence-corrected chi connectivity index (χ0v) is 14.9. The molecule has 0 aliphatic carbocycles. The lowest BCUT2D eigenvalue weighted by Gasteiger charge is -2.38. The number of aryl methyl sites for hydroxylation is 1. The SMILES string of the molecule is COc1ccc(CN2CC[Si]3(CCc4ccccc43)CC2)cc1. The fourth-order valence-corrected chi connectivity index (χ4v) is 9.55. The number of hydrogen-bond donors (Lipinski definition) is 0. The Hall–Kier alpha value is -1.58. The van der Waals surface area contributed by atoms with Gasteiger partial charge in [-0.2, -0.15) is 0 Å². The van der Waals surface area contributed by atoms with Gasteiger partial charge in [0.15, 0.2) is 0 Å². The Morgan fingerprint density at radius 1 is 0.957 bits per heavy atom. The van der Waals surface area contributed by atoms with Crippen molar-refractivity contribution in [1.82, 2.24) is 4.90 Å². The summed E-state index contributed by atoms with van der Waals surface area (Å²) in [6.45, 7) is 3.62. The fourth-order valence-electron chi connectivity index (χ4n) is 4.41. The van der Waals surface area contributed by atoms with Crippen LogP contribution in [0.25, 0.3) is 0 Å². The highest BCUT2D eigenvalue weighted by atomic mass is 28.3. The summed E-state index contributed by atoms with van der Waals surface area (Å²) in [6, 6.07) is 22.2. The van der Waals surface area contributed by atoms with Gasteiger partial charge in [-0.1, -0.05) is 41.6 Å². The Kier molecular flexibility index (Phi) is 4.00. The number of nitrogens with zero attached hydrogens (tertiary/aromatic N) is 1. The Balaban J connectivity index is 1.41. The molecule has 2 heterocycles. The van der Waals surface area contributed by atoms with E-state index in [9.17, 15) is 0 Å². The highest BCUT2D eigenvalue weighted by Gasteiger charge is 2.42. The van der Waals surface area contributed by atoms with E-state index in [4.69, 9.17) is 4.74 Å². The van der Waals surface area contributed by atoms with E-state index in [2.05, 4.69) is 53.4 Å². The van der Waals surface area contributed by atoms with Crippen LogP contribution in [-0.4, -0.2) is 33.2 Å². The minimum Gasteiger partial charge on any atom is -0.497 e. The first-order chi connectivity index (χ1) is 11.3. The highest BCUT2D eigenvalue weighted by molar-refractivity contribution is 6.93. The molecule has 120 valence electrons. The van der Waals surface area contributed by atoms with Crippen molar-refractivity contribution in [2.75, 3.05) is 20.2 Å². The van der Waals surface area contributed by atoms with E-state index in [0.29, 0.717) is 0 Å².